The maximum absolute atomic E-state index is 5.20. The normalized spacial score (nSPS) is 29.1. The lowest BCUT2D eigenvalue weighted by Crippen LogP contribution is -2.60. The smallest absolute Gasteiger partial charge is 0.0462 e. The van der Waals surface area contributed by atoms with E-state index in [-0.39, 0.29) is 0 Å². The zero-order chi connectivity index (χ0) is 15.1. The maximum atomic E-state index is 5.20. The van der Waals surface area contributed by atoms with Gasteiger partial charge in [-0.1, -0.05) is 33.1 Å². The zero-order valence-electron chi connectivity index (χ0n) is 14.4. The summed E-state index contributed by atoms with van der Waals surface area (Å²) in [5.41, 5.74) is 0. The van der Waals surface area contributed by atoms with E-state index >= 15 is 0 Å². The molecule has 0 amide bonds. The van der Waals surface area contributed by atoms with E-state index in [0.29, 0.717) is 6.04 Å². The van der Waals surface area contributed by atoms with Gasteiger partial charge < -0.3 is 10.1 Å². The third-order valence-electron chi connectivity index (χ3n) is 5.53. The summed E-state index contributed by atoms with van der Waals surface area (Å²) in [7, 11) is 1.81. The lowest BCUT2D eigenvalue weighted by atomic mass is 9.81. The number of unbranched alkanes of at least 4 members (excludes halogenated alkanes) is 1. The van der Waals surface area contributed by atoms with Crippen molar-refractivity contribution < 1.29 is 4.74 Å². The van der Waals surface area contributed by atoms with Crippen LogP contribution in [-0.4, -0.2) is 50.3 Å². The van der Waals surface area contributed by atoms with Gasteiger partial charge in [-0.2, -0.15) is 0 Å². The van der Waals surface area contributed by atoms with E-state index in [4.69, 9.17) is 4.74 Å². The highest BCUT2D eigenvalue weighted by molar-refractivity contribution is 4.91. The van der Waals surface area contributed by atoms with Gasteiger partial charge in [0, 0.05) is 38.9 Å². The SMILES string of the molecule is COCCCCN1CC(C(C)C)NCC1C1CCCCC1. The third kappa shape index (κ3) is 5.22. The Hall–Kier alpha value is -0.120. The van der Waals surface area contributed by atoms with E-state index in [0.717, 1.165) is 24.5 Å². The quantitative estimate of drug-likeness (QED) is 0.730. The van der Waals surface area contributed by atoms with Gasteiger partial charge in [-0.05, 0) is 44.1 Å². The van der Waals surface area contributed by atoms with Crippen LogP contribution in [0.4, 0.5) is 0 Å². The number of nitrogens with zero attached hydrogens (tertiary/aromatic N) is 1. The summed E-state index contributed by atoms with van der Waals surface area (Å²) in [6, 6.07) is 1.45. The van der Waals surface area contributed by atoms with Gasteiger partial charge in [-0.15, -0.1) is 0 Å². The van der Waals surface area contributed by atoms with E-state index in [1.54, 1.807) is 0 Å². The monoisotopic (exact) mass is 296 g/mol. The second kappa shape index (κ2) is 9.12. The molecule has 0 aromatic carbocycles. The molecule has 1 aliphatic carbocycles. The Kier molecular flexibility index (Phi) is 7.48. The molecule has 2 fully saturated rings. The van der Waals surface area contributed by atoms with Crippen molar-refractivity contribution in [2.24, 2.45) is 11.8 Å². The minimum atomic E-state index is 0.673. The standard InChI is InChI=1S/C18H36N2O/c1-15(2)17-14-20(11-7-8-12-21-3)18(13-19-17)16-9-5-4-6-10-16/h15-19H,4-14H2,1-3H3. The fraction of sp³-hybridized carbons (Fsp3) is 1.00. The summed E-state index contributed by atoms with van der Waals surface area (Å²) in [6.45, 7) is 9.32. The van der Waals surface area contributed by atoms with Crippen LogP contribution in [0, 0.1) is 11.8 Å². The van der Waals surface area contributed by atoms with Gasteiger partial charge >= 0.3 is 0 Å². The molecule has 3 heteroatoms. The largest absolute Gasteiger partial charge is 0.385 e. The van der Waals surface area contributed by atoms with Gasteiger partial charge in [-0.25, -0.2) is 0 Å². The van der Waals surface area contributed by atoms with Crippen LogP contribution < -0.4 is 5.32 Å². The molecule has 2 aliphatic rings. The summed E-state index contributed by atoms with van der Waals surface area (Å²) in [5, 5.41) is 3.83. The Balaban J connectivity index is 1.89. The van der Waals surface area contributed by atoms with Crippen molar-refractivity contribution >= 4 is 0 Å². The molecule has 2 rings (SSSR count). The highest BCUT2D eigenvalue weighted by Crippen LogP contribution is 2.31. The Morgan fingerprint density at radius 1 is 1.14 bits per heavy atom. The van der Waals surface area contributed by atoms with Crippen molar-refractivity contribution in [1.82, 2.24) is 10.2 Å². The molecule has 1 N–H and O–H groups in total. The van der Waals surface area contributed by atoms with Gasteiger partial charge in [-0.3, -0.25) is 4.90 Å². The topological polar surface area (TPSA) is 24.5 Å². The second-order valence-corrected chi connectivity index (χ2v) is 7.42. The molecule has 1 heterocycles. The molecule has 0 bridgehead atoms. The molecule has 124 valence electrons. The molecule has 0 aromatic rings. The Morgan fingerprint density at radius 3 is 2.57 bits per heavy atom. The van der Waals surface area contributed by atoms with Gasteiger partial charge in [0.2, 0.25) is 0 Å². The molecule has 2 atom stereocenters. The maximum Gasteiger partial charge on any atom is 0.0462 e. The van der Waals surface area contributed by atoms with Crippen molar-refractivity contribution in [2.45, 2.75) is 70.9 Å². The van der Waals surface area contributed by atoms with Crippen LogP contribution in [0.15, 0.2) is 0 Å². The molecule has 1 saturated heterocycles. The number of piperazine rings is 1. The van der Waals surface area contributed by atoms with Crippen molar-refractivity contribution in [3.8, 4) is 0 Å². The number of rotatable bonds is 7. The van der Waals surface area contributed by atoms with Crippen LogP contribution >= 0.6 is 0 Å². The molecule has 0 aromatic heterocycles. The van der Waals surface area contributed by atoms with E-state index < -0.39 is 0 Å². The lowest BCUT2D eigenvalue weighted by Gasteiger charge is -2.46. The Morgan fingerprint density at radius 2 is 1.90 bits per heavy atom. The van der Waals surface area contributed by atoms with Crippen LogP contribution in [0.5, 0.6) is 0 Å². The molecule has 1 aliphatic heterocycles. The molecule has 21 heavy (non-hydrogen) atoms. The highest BCUT2D eigenvalue weighted by Gasteiger charge is 2.34. The summed E-state index contributed by atoms with van der Waals surface area (Å²) >= 11 is 0. The first-order chi connectivity index (χ1) is 10.2. The van der Waals surface area contributed by atoms with Gasteiger partial charge in [0.25, 0.3) is 0 Å². The molecule has 2 unspecified atom stereocenters. The van der Waals surface area contributed by atoms with Crippen molar-refractivity contribution in [2.75, 3.05) is 33.4 Å². The predicted molar refractivity (Wildman–Crippen MR) is 89.7 cm³/mol. The van der Waals surface area contributed by atoms with Crippen LogP contribution in [0.3, 0.4) is 0 Å². The van der Waals surface area contributed by atoms with E-state index in [1.165, 1.54) is 64.6 Å². The number of ether oxygens (including phenoxy) is 1. The third-order valence-corrected chi connectivity index (χ3v) is 5.53. The average Bonchev–Trinajstić information content (AvgIpc) is 2.52. The van der Waals surface area contributed by atoms with E-state index in [2.05, 4.69) is 24.1 Å². The Bertz CT molecular complexity index is 276. The fourth-order valence-corrected chi connectivity index (χ4v) is 4.10. The van der Waals surface area contributed by atoms with Crippen molar-refractivity contribution in [3.63, 3.8) is 0 Å². The Labute approximate surface area is 131 Å². The fourth-order valence-electron chi connectivity index (χ4n) is 4.10. The number of hydrogen-bond donors (Lipinski definition) is 1. The van der Waals surface area contributed by atoms with Crippen LogP contribution in [0.1, 0.15) is 58.8 Å². The summed E-state index contributed by atoms with van der Waals surface area (Å²) in [4.78, 5) is 2.81. The lowest BCUT2D eigenvalue weighted by molar-refractivity contribution is 0.0582. The van der Waals surface area contributed by atoms with E-state index in [1.807, 2.05) is 7.11 Å². The van der Waals surface area contributed by atoms with Gasteiger partial charge in [0.15, 0.2) is 0 Å². The summed E-state index contributed by atoms with van der Waals surface area (Å²) < 4.78 is 5.20. The number of hydrogen-bond acceptors (Lipinski definition) is 3. The number of nitrogens with one attached hydrogen (secondary N) is 1. The molecule has 0 radical (unpaired) electrons. The molecule has 1 saturated carbocycles. The van der Waals surface area contributed by atoms with Crippen LogP contribution in [0.25, 0.3) is 0 Å². The van der Waals surface area contributed by atoms with Gasteiger partial charge in [0.1, 0.15) is 0 Å². The van der Waals surface area contributed by atoms with E-state index in [9.17, 15) is 0 Å². The first kappa shape index (κ1) is 17.2. The van der Waals surface area contributed by atoms with Gasteiger partial charge in [0.05, 0.1) is 0 Å². The van der Waals surface area contributed by atoms with Crippen molar-refractivity contribution in [1.29, 1.82) is 0 Å². The molecular weight excluding hydrogens is 260 g/mol. The number of methoxy groups -OCH3 is 1. The van der Waals surface area contributed by atoms with Crippen LogP contribution in [0.2, 0.25) is 0 Å². The predicted octanol–water partition coefficient (Wildman–Crippen LogP) is 3.29. The van der Waals surface area contributed by atoms with Crippen molar-refractivity contribution in [3.05, 3.63) is 0 Å². The first-order valence-corrected chi connectivity index (χ1v) is 9.18. The average molecular weight is 296 g/mol. The minimum absolute atomic E-state index is 0.673. The molecule has 0 spiro atoms. The summed E-state index contributed by atoms with van der Waals surface area (Å²) in [6.07, 6.45) is 9.74. The summed E-state index contributed by atoms with van der Waals surface area (Å²) in [5.74, 6) is 1.67. The molecular formula is C18H36N2O. The molecule has 3 nitrogen and oxygen atoms in total. The zero-order valence-corrected chi connectivity index (χ0v) is 14.4. The first-order valence-electron chi connectivity index (χ1n) is 9.18. The highest BCUT2D eigenvalue weighted by atomic mass is 16.5. The second-order valence-electron chi connectivity index (χ2n) is 7.42. The van der Waals surface area contributed by atoms with Crippen LogP contribution in [-0.2, 0) is 4.74 Å². The minimum Gasteiger partial charge on any atom is -0.385 e.